The first kappa shape index (κ1) is 10.7. The lowest BCUT2D eigenvalue weighted by Crippen LogP contribution is -2.46. The predicted octanol–water partition coefficient (Wildman–Crippen LogP) is 0.871. The zero-order valence-electron chi connectivity index (χ0n) is 9.27. The summed E-state index contributed by atoms with van der Waals surface area (Å²) in [7, 11) is 4.05. The molecule has 1 N–H and O–H groups in total. The Labute approximate surface area is 90.2 Å². The van der Waals surface area contributed by atoms with E-state index in [4.69, 9.17) is 9.15 Å². The van der Waals surface area contributed by atoms with Gasteiger partial charge in [0.1, 0.15) is 5.76 Å². The Balaban J connectivity index is 2.15. The summed E-state index contributed by atoms with van der Waals surface area (Å²) >= 11 is 0. The number of ether oxygens (including phenoxy) is 1. The van der Waals surface area contributed by atoms with Crippen LogP contribution in [0.5, 0.6) is 0 Å². The fourth-order valence-corrected chi connectivity index (χ4v) is 2.09. The van der Waals surface area contributed by atoms with Gasteiger partial charge in [-0.15, -0.1) is 0 Å². The molecule has 2 atom stereocenters. The van der Waals surface area contributed by atoms with Crippen molar-refractivity contribution in [3.8, 4) is 0 Å². The van der Waals surface area contributed by atoms with Crippen LogP contribution in [0.3, 0.4) is 0 Å². The van der Waals surface area contributed by atoms with Crippen LogP contribution >= 0.6 is 0 Å². The first-order chi connectivity index (χ1) is 7.33. The molecule has 0 spiro atoms. The summed E-state index contributed by atoms with van der Waals surface area (Å²) in [6, 6.07) is 4.16. The van der Waals surface area contributed by atoms with E-state index in [2.05, 4.69) is 17.3 Å². The van der Waals surface area contributed by atoms with Crippen molar-refractivity contribution in [1.82, 2.24) is 10.2 Å². The van der Waals surface area contributed by atoms with Gasteiger partial charge in [-0.05, 0) is 26.2 Å². The van der Waals surface area contributed by atoms with Crippen molar-refractivity contribution in [1.29, 1.82) is 0 Å². The maximum Gasteiger partial charge on any atom is 0.123 e. The highest BCUT2D eigenvalue weighted by Gasteiger charge is 2.32. The average Bonchev–Trinajstić information content (AvgIpc) is 2.71. The number of hydrogen-bond donors (Lipinski definition) is 1. The van der Waals surface area contributed by atoms with Gasteiger partial charge < -0.3 is 14.5 Å². The van der Waals surface area contributed by atoms with E-state index < -0.39 is 0 Å². The van der Waals surface area contributed by atoms with Crippen LogP contribution in [0.15, 0.2) is 22.8 Å². The Morgan fingerprint density at radius 2 is 2.47 bits per heavy atom. The van der Waals surface area contributed by atoms with Crippen LogP contribution in [0.25, 0.3) is 0 Å². The summed E-state index contributed by atoms with van der Waals surface area (Å²) in [4.78, 5) is 2.28. The highest BCUT2D eigenvalue weighted by atomic mass is 16.5. The highest BCUT2D eigenvalue weighted by molar-refractivity contribution is 5.08. The molecule has 2 rings (SSSR count). The van der Waals surface area contributed by atoms with Crippen LogP contribution in [0.2, 0.25) is 0 Å². The number of morpholine rings is 1. The topological polar surface area (TPSA) is 37.6 Å². The monoisotopic (exact) mass is 210 g/mol. The van der Waals surface area contributed by atoms with Gasteiger partial charge in [0.05, 0.1) is 25.0 Å². The molecule has 0 bridgehead atoms. The Morgan fingerprint density at radius 3 is 3.13 bits per heavy atom. The third kappa shape index (κ3) is 2.22. The van der Waals surface area contributed by atoms with Crippen molar-refractivity contribution in [3.05, 3.63) is 24.2 Å². The summed E-state index contributed by atoms with van der Waals surface area (Å²) < 4.78 is 11.2. The maximum atomic E-state index is 5.76. The first-order valence-electron chi connectivity index (χ1n) is 5.32. The lowest BCUT2D eigenvalue weighted by Gasteiger charge is -2.37. The molecule has 4 nitrogen and oxygen atoms in total. The molecule has 1 aliphatic heterocycles. The van der Waals surface area contributed by atoms with Gasteiger partial charge in [0.15, 0.2) is 0 Å². The number of nitrogens with zero attached hydrogens (tertiary/aromatic N) is 1. The van der Waals surface area contributed by atoms with Crippen molar-refractivity contribution in [2.75, 3.05) is 33.8 Å². The fourth-order valence-electron chi connectivity index (χ4n) is 2.09. The van der Waals surface area contributed by atoms with E-state index >= 15 is 0 Å². The Morgan fingerprint density at radius 1 is 1.60 bits per heavy atom. The fraction of sp³-hybridized carbons (Fsp3) is 0.636. The molecule has 1 aliphatic rings. The average molecular weight is 210 g/mol. The number of nitrogens with one attached hydrogen (secondary N) is 1. The molecule has 4 heteroatoms. The molecule has 15 heavy (non-hydrogen) atoms. The number of likely N-dealkylation sites (N-methyl/N-ethyl adjacent to an activating group) is 2. The lowest BCUT2D eigenvalue weighted by molar-refractivity contribution is -0.0669. The second kappa shape index (κ2) is 4.79. The maximum absolute atomic E-state index is 5.76. The van der Waals surface area contributed by atoms with Crippen LogP contribution in [-0.2, 0) is 4.74 Å². The molecule has 1 saturated heterocycles. The molecule has 84 valence electrons. The molecule has 0 saturated carbocycles. The molecule has 2 heterocycles. The van der Waals surface area contributed by atoms with E-state index in [-0.39, 0.29) is 12.1 Å². The molecule has 1 fully saturated rings. The van der Waals surface area contributed by atoms with Crippen LogP contribution in [0.4, 0.5) is 0 Å². The minimum Gasteiger partial charge on any atom is -0.468 e. The van der Waals surface area contributed by atoms with E-state index in [9.17, 15) is 0 Å². The largest absolute Gasteiger partial charge is 0.468 e. The zero-order chi connectivity index (χ0) is 10.7. The van der Waals surface area contributed by atoms with Crippen LogP contribution in [0, 0.1) is 0 Å². The summed E-state index contributed by atoms with van der Waals surface area (Å²) in [5.74, 6) is 0.984. The minimum atomic E-state index is 0.167. The van der Waals surface area contributed by atoms with Gasteiger partial charge in [-0.25, -0.2) is 0 Å². The Hall–Kier alpha value is -0.840. The van der Waals surface area contributed by atoms with Crippen molar-refractivity contribution in [3.63, 3.8) is 0 Å². The van der Waals surface area contributed by atoms with Crippen molar-refractivity contribution >= 4 is 0 Å². The van der Waals surface area contributed by atoms with E-state index in [1.54, 1.807) is 6.26 Å². The third-order valence-corrected chi connectivity index (χ3v) is 2.84. The molecule has 2 unspecified atom stereocenters. The normalized spacial score (nSPS) is 28.1. The molecular weight excluding hydrogens is 192 g/mol. The molecule has 1 aromatic heterocycles. The second-order valence-corrected chi connectivity index (χ2v) is 3.91. The van der Waals surface area contributed by atoms with Gasteiger partial charge in [0, 0.05) is 13.1 Å². The zero-order valence-corrected chi connectivity index (χ0v) is 9.27. The van der Waals surface area contributed by atoms with Crippen LogP contribution in [-0.4, -0.2) is 44.8 Å². The van der Waals surface area contributed by atoms with Gasteiger partial charge in [-0.1, -0.05) is 0 Å². The lowest BCUT2D eigenvalue weighted by atomic mass is 10.1. The van der Waals surface area contributed by atoms with Crippen LogP contribution in [0.1, 0.15) is 11.8 Å². The minimum absolute atomic E-state index is 0.167. The Kier molecular flexibility index (Phi) is 3.41. The number of rotatable bonds is 3. The summed E-state index contributed by atoms with van der Waals surface area (Å²) in [5.41, 5.74) is 0. The molecule has 0 amide bonds. The summed E-state index contributed by atoms with van der Waals surface area (Å²) in [5, 5.41) is 3.16. The molecule has 0 aromatic carbocycles. The Bertz CT molecular complexity index is 285. The van der Waals surface area contributed by atoms with Gasteiger partial charge in [0.25, 0.3) is 0 Å². The number of furan rings is 1. The highest BCUT2D eigenvalue weighted by Crippen LogP contribution is 2.28. The summed E-state index contributed by atoms with van der Waals surface area (Å²) in [6.45, 7) is 2.58. The van der Waals surface area contributed by atoms with E-state index in [1.807, 2.05) is 19.2 Å². The van der Waals surface area contributed by atoms with E-state index in [1.165, 1.54) is 0 Å². The van der Waals surface area contributed by atoms with Gasteiger partial charge in [0.2, 0.25) is 0 Å². The smallest absolute Gasteiger partial charge is 0.123 e. The van der Waals surface area contributed by atoms with Crippen molar-refractivity contribution in [2.24, 2.45) is 0 Å². The number of hydrogen-bond acceptors (Lipinski definition) is 4. The van der Waals surface area contributed by atoms with Gasteiger partial charge in [-0.2, -0.15) is 0 Å². The van der Waals surface area contributed by atoms with Crippen molar-refractivity contribution < 1.29 is 9.15 Å². The standard InChI is InChI=1S/C11H18N2O2/c1-12-8-10-11(9-4-3-6-14-9)13(2)5-7-15-10/h3-4,6,10-12H,5,7-8H2,1-2H3. The quantitative estimate of drug-likeness (QED) is 0.803. The molecule has 0 radical (unpaired) electrons. The van der Waals surface area contributed by atoms with E-state index in [0.717, 1.165) is 25.5 Å². The van der Waals surface area contributed by atoms with Crippen LogP contribution < -0.4 is 5.32 Å². The van der Waals surface area contributed by atoms with Gasteiger partial charge >= 0.3 is 0 Å². The summed E-state index contributed by atoms with van der Waals surface area (Å²) in [6.07, 6.45) is 1.88. The third-order valence-electron chi connectivity index (χ3n) is 2.84. The van der Waals surface area contributed by atoms with Gasteiger partial charge in [-0.3, -0.25) is 4.90 Å². The molecule has 0 aliphatic carbocycles. The predicted molar refractivity (Wildman–Crippen MR) is 57.7 cm³/mol. The SMILES string of the molecule is CNCC1OCCN(C)C1c1ccco1. The second-order valence-electron chi connectivity index (χ2n) is 3.91. The first-order valence-corrected chi connectivity index (χ1v) is 5.32. The molecule has 1 aromatic rings. The van der Waals surface area contributed by atoms with E-state index in [0.29, 0.717) is 0 Å². The molecular formula is C11H18N2O2. The van der Waals surface area contributed by atoms with Crippen molar-refractivity contribution in [2.45, 2.75) is 12.1 Å².